The summed E-state index contributed by atoms with van der Waals surface area (Å²) in [4.78, 5) is 14.4. The van der Waals surface area contributed by atoms with Crippen LogP contribution >= 0.6 is 0 Å². The van der Waals surface area contributed by atoms with Gasteiger partial charge < -0.3 is 15.3 Å². The van der Waals surface area contributed by atoms with E-state index < -0.39 is 0 Å². The molecular weight excluding hydrogens is 216 g/mol. The van der Waals surface area contributed by atoms with Crippen molar-refractivity contribution in [2.75, 3.05) is 26.7 Å². The Bertz CT molecular complexity index is 281. The zero-order chi connectivity index (χ0) is 12.5. The van der Waals surface area contributed by atoms with Crippen molar-refractivity contribution in [3.8, 4) is 0 Å². The number of hydrogen-bond donors (Lipinski definition) is 2. The van der Waals surface area contributed by atoms with Gasteiger partial charge in [-0.2, -0.15) is 0 Å². The predicted octanol–water partition coefficient (Wildman–Crippen LogP) is 0.605. The summed E-state index contributed by atoms with van der Waals surface area (Å²) in [6, 6.07) is 0. The third-order valence-corrected chi connectivity index (χ3v) is 4.46. The van der Waals surface area contributed by atoms with E-state index in [2.05, 4.69) is 12.2 Å². The number of aliphatic hydroxyl groups excluding tert-OH is 1. The van der Waals surface area contributed by atoms with Gasteiger partial charge in [0.1, 0.15) is 0 Å². The standard InChI is InChI=1S/C13H24N2O2/c1-3-13(4-5-14-9-13)12(17)15(2)8-10-6-11(16)7-10/h10-11,14,16H,3-9H2,1-2H3. The zero-order valence-corrected chi connectivity index (χ0v) is 10.9. The van der Waals surface area contributed by atoms with Crippen molar-refractivity contribution in [1.82, 2.24) is 10.2 Å². The summed E-state index contributed by atoms with van der Waals surface area (Å²) in [6.07, 6.45) is 3.46. The lowest BCUT2D eigenvalue weighted by Gasteiger charge is -2.37. The first-order chi connectivity index (χ1) is 8.07. The van der Waals surface area contributed by atoms with Gasteiger partial charge in [0.25, 0.3) is 0 Å². The first-order valence-corrected chi connectivity index (χ1v) is 6.72. The molecule has 98 valence electrons. The summed E-state index contributed by atoms with van der Waals surface area (Å²) in [5.41, 5.74) is -0.170. The lowest BCUT2D eigenvalue weighted by Crippen LogP contribution is -2.47. The Kier molecular flexibility index (Phi) is 3.73. The molecule has 17 heavy (non-hydrogen) atoms. The van der Waals surface area contributed by atoms with E-state index >= 15 is 0 Å². The molecule has 2 fully saturated rings. The Morgan fingerprint density at radius 3 is 2.71 bits per heavy atom. The normalized spacial score (nSPS) is 36.6. The average molecular weight is 240 g/mol. The molecule has 1 aliphatic heterocycles. The molecule has 0 bridgehead atoms. The number of aliphatic hydroxyl groups is 1. The molecule has 1 saturated heterocycles. The van der Waals surface area contributed by atoms with E-state index in [1.54, 1.807) is 0 Å². The summed E-state index contributed by atoms with van der Waals surface area (Å²) in [6.45, 7) is 4.68. The molecule has 0 aromatic rings. The topological polar surface area (TPSA) is 52.6 Å². The molecule has 1 unspecified atom stereocenters. The van der Waals surface area contributed by atoms with Gasteiger partial charge in [-0.3, -0.25) is 4.79 Å². The van der Waals surface area contributed by atoms with Gasteiger partial charge in [0, 0.05) is 20.1 Å². The van der Waals surface area contributed by atoms with Crippen LogP contribution in [0.3, 0.4) is 0 Å². The fourth-order valence-electron chi connectivity index (χ4n) is 3.10. The van der Waals surface area contributed by atoms with Crippen LogP contribution in [0.15, 0.2) is 0 Å². The number of rotatable bonds is 4. The molecule has 1 atom stereocenters. The number of carbonyl (C=O) groups excluding carboxylic acids is 1. The van der Waals surface area contributed by atoms with Crippen LogP contribution in [0.5, 0.6) is 0 Å². The highest BCUT2D eigenvalue weighted by Crippen LogP contribution is 2.33. The number of nitrogens with zero attached hydrogens (tertiary/aromatic N) is 1. The molecule has 0 spiro atoms. The fourth-order valence-corrected chi connectivity index (χ4v) is 3.10. The first kappa shape index (κ1) is 12.8. The van der Waals surface area contributed by atoms with Crippen molar-refractivity contribution in [2.24, 2.45) is 11.3 Å². The molecule has 0 radical (unpaired) electrons. The number of hydrogen-bond acceptors (Lipinski definition) is 3. The maximum atomic E-state index is 12.5. The van der Waals surface area contributed by atoms with Crippen molar-refractivity contribution in [1.29, 1.82) is 0 Å². The molecule has 1 heterocycles. The Hall–Kier alpha value is -0.610. The number of carbonyl (C=O) groups is 1. The van der Waals surface area contributed by atoms with E-state index in [1.165, 1.54) is 0 Å². The summed E-state index contributed by atoms with van der Waals surface area (Å²) < 4.78 is 0. The van der Waals surface area contributed by atoms with Gasteiger partial charge in [-0.05, 0) is 38.1 Å². The molecule has 0 aromatic carbocycles. The number of amides is 1. The third kappa shape index (κ3) is 2.47. The minimum atomic E-state index is -0.170. The van der Waals surface area contributed by atoms with Crippen LogP contribution in [-0.2, 0) is 4.79 Å². The first-order valence-electron chi connectivity index (χ1n) is 6.72. The summed E-state index contributed by atoms with van der Waals surface area (Å²) in [5, 5.41) is 12.6. The van der Waals surface area contributed by atoms with E-state index in [0.29, 0.717) is 5.92 Å². The van der Waals surface area contributed by atoms with Crippen LogP contribution in [0.1, 0.15) is 32.6 Å². The van der Waals surface area contributed by atoms with E-state index in [9.17, 15) is 9.90 Å². The van der Waals surface area contributed by atoms with Gasteiger partial charge in [-0.15, -0.1) is 0 Å². The van der Waals surface area contributed by atoms with Gasteiger partial charge >= 0.3 is 0 Å². The van der Waals surface area contributed by atoms with Crippen molar-refractivity contribution < 1.29 is 9.90 Å². The van der Waals surface area contributed by atoms with Gasteiger partial charge in [-0.1, -0.05) is 6.92 Å². The molecule has 2 N–H and O–H groups in total. The summed E-state index contributed by atoms with van der Waals surface area (Å²) in [7, 11) is 1.91. The minimum Gasteiger partial charge on any atom is -0.393 e. The molecule has 2 aliphatic rings. The SMILES string of the molecule is CCC1(C(=O)N(C)CC2CC(O)C2)CCNC1. The van der Waals surface area contributed by atoms with Crippen molar-refractivity contribution >= 4 is 5.91 Å². The van der Waals surface area contributed by atoms with E-state index in [1.807, 2.05) is 11.9 Å². The van der Waals surface area contributed by atoms with Crippen LogP contribution in [0, 0.1) is 11.3 Å². The maximum Gasteiger partial charge on any atom is 0.229 e. The second kappa shape index (κ2) is 4.94. The van der Waals surface area contributed by atoms with Gasteiger partial charge in [0.15, 0.2) is 0 Å². The monoisotopic (exact) mass is 240 g/mol. The molecule has 1 saturated carbocycles. The Labute approximate surface area is 103 Å². The lowest BCUT2D eigenvalue weighted by atomic mass is 9.80. The Morgan fingerprint density at radius 1 is 1.53 bits per heavy atom. The van der Waals surface area contributed by atoms with E-state index in [4.69, 9.17) is 0 Å². The highest BCUT2D eigenvalue weighted by Gasteiger charge is 2.42. The zero-order valence-electron chi connectivity index (χ0n) is 10.9. The smallest absolute Gasteiger partial charge is 0.229 e. The van der Waals surface area contributed by atoms with Gasteiger partial charge in [-0.25, -0.2) is 0 Å². The molecule has 1 aliphatic carbocycles. The van der Waals surface area contributed by atoms with Crippen molar-refractivity contribution in [3.05, 3.63) is 0 Å². The third-order valence-electron chi connectivity index (χ3n) is 4.46. The van der Waals surface area contributed by atoms with Crippen LogP contribution in [0.4, 0.5) is 0 Å². The number of nitrogens with one attached hydrogen (secondary N) is 1. The second-order valence-corrected chi connectivity index (χ2v) is 5.74. The fraction of sp³-hybridized carbons (Fsp3) is 0.923. The van der Waals surface area contributed by atoms with E-state index in [0.717, 1.165) is 45.3 Å². The highest BCUT2D eigenvalue weighted by atomic mass is 16.3. The molecule has 4 heteroatoms. The summed E-state index contributed by atoms with van der Waals surface area (Å²) >= 11 is 0. The Morgan fingerprint density at radius 2 is 2.24 bits per heavy atom. The van der Waals surface area contributed by atoms with Crippen LogP contribution in [-0.4, -0.2) is 48.7 Å². The molecule has 1 amide bonds. The van der Waals surface area contributed by atoms with Crippen LogP contribution in [0.2, 0.25) is 0 Å². The van der Waals surface area contributed by atoms with Crippen molar-refractivity contribution in [3.63, 3.8) is 0 Å². The highest BCUT2D eigenvalue weighted by molar-refractivity contribution is 5.83. The van der Waals surface area contributed by atoms with Gasteiger partial charge in [0.2, 0.25) is 5.91 Å². The van der Waals surface area contributed by atoms with Gasteiger partial charge in [0.05, 0.1) is 11.5 Å². The largest absolute Gasteiger partial charge is 0.393 e. The van der Waals surface area contributed by atoms with Crippen molar-refractivity contribution in [2.45, 2.75) is 38.7 Å². The average Bonchev–Trinajstić information content (AvgIpc) is 2.75. The van der Waals surface area contributed by atoms with Crippen LogP contribution in [0.25, 0.3) is 0 Å². The molecule has 4 nitrogen and oxygen atoms in total. The summed E-state index contributed by atoms with van der Waals surface area (Å²) in [5.74, 6) is 0.786. The van der Waals surface area contributed by atoms with E-state index in [-0.39, 0.29) is 17.4 Å². The molecular formula is C13H24N2O2. The maximum absolute atomic E-state index is 12.5. The molecule has 2 rings (SSSR count). The van der Waals surface area contributed by atoms with Crippen LogP contribution < -0.4 is 5.32 Å². The second-order valence-electron chi connectivity index (χ2n) is 5.74. The Balaban J connectivity index is 1.89. The predicted molar refractivity (Wildman–Crippen MR) is 66.6 cm³/mol. The minimum absolute atomic E-state index is 0.128. The quantitative estimate of drug-likeness (QED) is 0.757. The lowest BCUT2D eigenvalue weighted by molar-refractivity contribution is -0.141. The molecule has 0 aromatic heterocycles.